The molecule has 2 aromatic rings. The van der Waals surface area contributed by atoms with Crippen LogP contribution in [0.15, 0.2) is 45.0 Å². The fourth-order valence-electron chi connectivity index (χ4n) is 1.05. The van der Waals surface area contributed by atoms with Crippen LogP contribution in [-0.2, 0) is 9.84 Å². The van der Waals surface area contributed by atoms with Crippen molar-refractivity contribution in [1.82, 2.24) is 10.4 Å². The van der Waals surface area contributed by atoms with Crippen LogP contribution >= 0.6 is 0 Å². The summed E-state index contributed by atoms with van der Waals surface area (Å²) in [6, 6.07) is 5.03. The molecule has 1 aromatic heterocycles. The van der Waals surface area contributed by atoms with Crippen molar-refractivity contribution >= 4 is 9.84 Å². The monoisotopic (exact) mass is 228 g/mol. The van der Waals surface area contributed by atoms with E-state index in [1.165, 1.54) is 12.1 Å². The summed E-state index contributed by atoms with van der Waals surface area (Å²) in [5.74, 6) is -0.833. The fraction of sp³-hybridized carbons (Fsp3) is 0. The number of hydrogen-bond donors (Lipinski definition) is 0. The number of aromatic nitrogens is 2. The second kappa shape index (κ2) is 3.43. The molecule has 0 fully saturated rings. The first-order valence-electron chi connectivity index (χ1n) is 3.89. The van der Waals surface area contributed by atoms with E-state index in [2.05, 4.69) is 14.9 Å². The quantitative estimate of drug-likeness (QED) is 0.767. The number of hydrogen-bond acceptors (Lipinski definition) is 5. The van der Waals surface area contributed by atoms with Crippen LogP contribution in [0.5, 0.6) is 0 Å². The Balaban J connectivity index is 2.62. The van der Waals surface area contributed by atoms with E-state index < -0.39 is 25.6 Å². The smallest absolute Gasteiger partial charge is 0.231 e. The second-order valence-electron chi connectivity index (χ2n) is 2.68. The van der Waals surface area contributed by atoms with Gasteiger partial charge in [-0.25, -0.2) is 12.8 Å². The van der Waals surface area contributed by atoms with Crippen molar-refractivity contribution in [3.05, 3.63) is 36.3 Å². The van der Waals surface area contributed by atoms with Crippen molar-refractivity contribution in [1.29, 1.82) is 0 Å². The standard InChI is InChI=1S/C8H5FN2O3S/c9-6-3-1-2-4-7(6)15(12,13)8-5-14-11-10-8/h1-5H. The molecular weight excluding hydrogens is 223 g/mol. The summed E-state index contributed by atoms with van der Waals surface area (Å²) in [5.41, 5.74) is 0. The SMILES string of the molecule is O=S(=O)(c1conn1)c1ccccc1F. The Bertz CT molecular complexity index is 565. The van der Waals surface area contributed by atoms with Crippen LogP contribution in [0.2, 0.25) is 0 Å². The molecule has 0 saturated carbocycles. The van der Waals surface area contributed by atoms with Crippen molar-refractivity contribution < 1.29 is 17.3 Å². The van der Waals surface area contributed by atoms with Crippen LogP contribution in [0.3, 0.4) is 0 Å². The van der Waals surface area contributed by atoms with E-state index in [0.29, 0.717) is 0 Å². The molecule has 7 heteroatoms. The Labute approximate surface area is 84.4 Å². The maximum absolute atomic E-state index is 13.2. The predicted molar refractivity (Wildman–Crippen MR) is 46.1 cm³/mol. The van der Waals surface area contributed by atoms with Gasteiger partial charge in [-0.15, -0.1) is 0 Å². The summed E-state index contributed by atoms with van der Waals surface area (Å²) in [6.07, 6.45) is 0.849. The van der Waals surface area contributed by atoms with Gasteiger partial charge in [0.2, 0.25) is 14.9 Å². The van der Waals surface area contributed by atoms with Crippen molar-refractivity contribution in [2.75, 3.05) is 0 Å². The highest BCUT2D eigenvalue weighted by Gasteiger charge is 2.24. The van der Waals surface area contributed by atoms with E-state index in [1.54, 1.807) is 0 Å². The Morgan fingerprint density at radius 3 is 2.60 bits per heavy atom. The number of benzene rings is 1. The molecule has 2 rings (SSSR count). The highest BCUT2D eigenvalue weighted by molar-refractivity contribution is 7.91. The summed E-state index contributed by atoms with van der Waals surface area (Å²) in [7, 11) is -3.97. The third kappa shape index (κ3) is 1.61. The van der Waals surface area contributed by atoms with Gasteiger partial charge in [-0.05, 0) is 12.1 Å². The largest absolute Gasteiger partial charge is 0.344 e. The van der Waals surface area contributed by atoms with Gasteiger partial charge in [0.1, 0.15) is 10.7 Å². The van der Waals surface area contributed by atoms with Crippen molar-refractivity contribution in [2.24, 2.45) is 0 Å². The molecule has 0 saturated heterocycles. The Morgan fingerprint density at radius 2 is 2.00 bits per heavy atom. The van der Waals surface area contributed by atoms with Crippen LogP contribution in [-0.4, -0.2) is 18.8 Å². The molecule has 78 valence electrons. The van der Waals surface area contributed by atoms with Gasteiger partial charge in [0.25, 0.3) is 0 Å². The molecule has 0 aliphatic carbocycles. The molecule has 0 spiro atoms. The van der Waals surface area contributed by atoms with Crippen LogP contribution in [0.25, 0.3) is 0 Å². The first kappa shape index (κ1) is 9.78. The first-order valence-corrected chi connectivity index (χ1v) is 5.37. The van der Waals surface area contributed by atoms with Crippen molar-refractivity contribution in [3.8, 4) is 0 Å². The maximum atomic E-state index is 13.2. The Kier molecular flexibility index (Phi) is 2.24. The molecule has 0 N–H and O–H groups in total. The van der Waals surface area contributed by atoms with Crippen LogP contribution in [0, 0.1) is 5.82 Å². The molecule has 0 aliphatic heterocycles. The van der Waals surface area contributed by atoms with E-state index in [9.17, 15) is 12.8 Å². The molecule has 1 heterocycles. The molecule has 0 amide bonds. The summed E-state index contributed by atoms with van der Waals surface area (Å²) in [5, 5.41) is 5.84. The molecule has 0 bridgehead atoms. The normalized spacial score (nSPS) is 11.5. The molecule has 15 heavy (non-hydrogen) atoms. The third-order valence-corrected chi connectivity index (χ3v) is 3.38. The van der Waals surface area contributed by atoms with Gasteiger partial charge in [-0.3, -0.25) is 0 Å². The summed E-state index contributed by atoms with van der Waals surface area (Å²) in [4.78, 5) is -0.444. The van der Waals surface area contributed by atoms with Gasteiger partial charge in [-0.1, -0.05) is 17.2 Å². The minimum atomic E-state index is -3.97. The van der Waals surface area contributed by atoms with Gasteiger partial charge in [0, 0.05) is 5.27 Å². The van der Waals surface area contributed by atoms with Gasteiger partial charge < -0.3 is 4.52 Å². The van der Waals surface area contributed by atoms with Gasteiger partial charge in [0.05, 0.1) is 0 Å². The topological polar surface area (TPSA) is 73.1 Å². The molecular formula is C8H5FN2O3S. The zero-order valence-electron chi connectivity index (χ0n) is 7.29. The zero-order valence-corrected chi connectivity index (χ0v) is 8.11. The fourth-order valence-corrected chi connectivity index (χ4v) is 2.17. The third-order valence-electron chi connectivity index (χ3n) is 1.74. The average molecular weight is 228 g/mol. The predicted octanol–water partition coefficient (Wildman–Crippen LogP) is 1.04. The lowest BCUT2D eigenvalue weighted by Crippen LogP contribution is -2.04. The number of halogens is 1. The zero-order chi connectivity index (χ0) is 10.9. The minimum absolute atomic E-state index is 0.410. The highest BCUT2D eigenvalue weighted by Crippen LogP contribution is 2.20. The van der Waals surface area contributed by atoms with Crippen LogP contribution in [0.4, 0.5) is 4.39 Å². The van der Waals surface area contributed by atoms with E-state index in [-0.39, 0.29) is 0 Å². The maximum Gasteiger partial charge on any atom is 0.231 e. The summed E-state index contributed by atoms with van der Waals surface area (Å²) >= 11 is 0. The summed E-state index contributed by atoms with van der Waals surface area (Å²) in [6.45, 7) is 0. The molecule has 1 aromatic carbocycles. The Morgan fingerprint density at radius 1 is 1.27 bits per heavy atom. The molecule has 5 nitrogen and oxygen atoms in total. The lowest BCUT2D eigenvalue weighted by Gasteiger charge is -2.00. The number of sulfone groups is 1. The first-order chi connectivity index (χ1) is 7.12. The number of rotatable bonds is 2. The molecule has 0 aliphatic rings. The molecule has 0 radical (unpaired) electrons. The van der Waals surface area contributed by atoms with Crippen LogP contribution in [0.1, 0.15) is 0 Å². The van der Waals surface area contributed by atoms with Crippen LogP contribution < -0.4 is 0 Å². The van der Waals surface area contributed by atoms with Crippen molar-refractivity contribution in [3.63, 3.8) is 0 Å². The van der Waals surface area contributed by atoms with Gasteiger partial charge in [0.15, 0.2) is 6.26 Å². The highest BCUT2D eigenvalue weighted by atomic mass is 32.2. The minimum Gasteiger partial charge on any atom is -0.344 e. The summed E-state index contributed by atoms with van der Waals surface area (Å²) < 4.78 is 40.9. The molecule has 0 atom stereocenters. The average Bonchev–Trinajstić information content (AvgIpc) is 2.71. The number of nitrogens with zero attached hydrogens (tertiary/aromatic N) is 2. The Hall–Kier alpha value is -1.76. The van der Waals surface area contributed by atoms with E-state index in [0.717, 1.165) is 18.4 Å². The lowest BCUT2D eigenvalue weighted by molar-refractivity contribution is 0.392. The van der Waals surface area contributed by atoms with Gasteiger partial charge in [-0.2, -0.15) is 0 Å². The van der Waals surface area contributed by atoms with Gasteiger partial charge >= 0.3 is 0 Å². The second-order valence-corrected chi connectivity index (χ2v) is 4.54. The van der Waals surface area contributed by atoms with Crippen molar-refractivity contribution in [2.45, 2.75) is 9.92 Å². The molecule has 0 unspecified atom stereocenters. The van der Waals surface area contributed by atoms with E-state index >= 15 is 0 Å². The lowest BCUT2D eigenvalue weighted by atomic mass is 10.3. The van der Waals surface area contributed by atoms with E-state index in [4.69, 9.17) is 0 Å². The van der Waals surface area contributed by atoms with E-state index in [1.807, 2.05) is 0 Å².